The van der Waals surface area contributed by atoms with E-state index < -0.39 is 5.97 Å². The SMILES string of the molecule is O=C(OCc1nccn1-c1ccccc1)c1cccnc1Cl. The third-order valence-corrected chi connectivity index (χ3v) is 3.36. The molecule has 2 aromatic heterocycles. The van der Waals surface area contributed by atoms with E-state index in [-0.39, 0.29) is 17.3 Å². The lowest BCUT2D eigenvalue weighted by Gasteiger charge is -2.09. The molecule has 0 saturated carbocycles. The third-order valence-electron chi connectivity index (χ3n) is 3.06. The Morgan fingerprint density at radius 1 is 1.09 bits per heavy atom. The fraction of sp³-hybridized carbons (Fsp3) is 0.0625. The van der Waals surface area contributed by atoms with Crippen LogP contribution in [0.2, 0.25) is 5.15 Å². The first kappa shape index (κ1) is 14.3. The zero-order valence-electron chi connectivity index (χ0n) is 11.5. The number of carbonyl (C=O) groups is 1. The number of benzene rings is 1. The van der Waals surface area contributed by atoms with Crippen molar-refractivity contribution in [2.24, 2.45) is 0 Å². The molecule has 0 aliphatic rings. The Morgan fingerprint density at radius 3 is 2.68 bits per heavy atom. The topological polar surface area (TPSA) is 57.0 Å². The van der Waals surface area contributed by atoms with Crippen molar-refractivity contribution in [3.8, 4) is 5.69 Å². The first-order chi connectivity index (χ1) is 10.8. The highest BCUT2D eigenvalue weighted by Crippen LogP contribution is 2.15. The predicted molar refractivity (Wildman–Crippen MR) is 81.9 cm³/mol. The molecule has 2 heterocycles. The van der Waals surface area contributed by atoms with Crippen molar-refractivity contribution in [2.75, 3.05) is 0 Å². The molecule has 0 fully saturated rings. The van der Waals surface area contributed by atoms with Crippen molar-refractivity contribution >= 4 is 17.6 Å². The monoisotopic (exact) mass is 313 g/mol. The second kappa shape index (κ2) is 6.41. The van der Waals surface area contributed by atoms with E-state index in [0.717, 1.165) is 5.69 Å². The maximum absolute atomic E-state index is 12.0. The molecule has 0 amide bonds. The lowest BCUT2D eigenvalue weighted by atomic mass is 10.3. The fourth-order valence-electron chi connectivity index (χ4n) is 2.01. The standard InChI is InChI=1S/C16H12ClN3O2/c17-15-13(7-4-8-19-15)16(21)22-11-14-18-9-10-20(14)12-5-2-1-3-6-12/h1-10H,11H2. The second-order valence-electron chi connectivity index (χ2n) is 4.47. The highest BCUT2D eigenvalue weighted by atomic mass is 35.5. The van der Waals surface area contributed by atoms with Crippen molar-refractivity contribution in [1.29, 1.82) is 0 Å². The van der Waals surface area contributed by atoms with Gasteiger partial charge < -0.3 is 9.30 Å². The molecular formula is C16H12ClN3O2. The van der Waals surface area contributed by atoms with E-state index in [1.54, 1.807) is 18.3 Å². The van der Waals surface area contributed by atoms with Crippen LogP contribution in [0.3, 0.4) is 0 Å². The van der Waals surface area contributed by atoms with E-state index in [9.17, 15) is 4.79 Å². The van der Waals surface area contributed by atoms with E-state index in [1.807, 2.05) is 41.1 Å². The molecule has 0 aliphatic heterocycles. The summed E-state index contributed by atoms with van der Waals surface area (Å²) in [6.45, 7) is 0.0476. The fourth-order valence-corrected chi connectivity index (χ4v) is 2.21. The van der Waals surface area contributed by atoms with E-state index in [4.69, 9.17) is 16.3 Å². The van der Waals surface area contributed by atoms with Gasteiger partial charge in [-0.3, -0.25) is 0 Å². The van der Waals surface area contributed by atoms with Gasteiger partial charge in [-0.2, -0.15) is 0 Å². The van der Waals surface area contributed by atoms with Gasteiger partial charge >= 0.3 is 5.97 Å². The maximum Gasteiger partial charge on any atom is 0.341 e. The van der Waals surface area contributed by atoms with Crippen LogP contribution in [0.4, 0.5) is 0 Å². The summed E-state index contributed by atoms with van der Waals surface area (Å²) in [6, 6.07) is 12.9. The van der Waals surface area contributed by atoms with Crippen molar-refractivity contribution in [1.82, 2.24) is 14.5 Å². The van der Waals surface area contributed by atoms with Crippen molar-refractivity contribution in [3.63, 3.8) is 0 Å². The molecule has 0 saturated heterocycles. The summed E-state index contributed by atoms with van der Waals surface area (Å²) in [5.74, 6) is 0.0975. The van der Waals surface area contributed by atoms with Crippen LogP contribution < -0.4 is 0 Å². The summed E-state index contributed by atoms with van der Waals surface area (Å²) < 4.78 is 7.13. The van der Waals surface area contributed by atoms with Crippen LogP contribution in [-0.4, -0.2) is 20.5 Å². The lowest BCUT2D eigenvalue weighted by Crippen LogP contribution is -2.09. The minimum absolute atomic E-state index is 0.0476. The zero-order chi connectivity index (χ0) is 15.4. The third kappa shape index (κ3) is 2.99. The molecule has 1 aromatic carbocycles. The lowest BCUT2D eigenvalue weighted by molar-refractivity contribution is 0.0460. The smallest absolute Gasteiger partial charge is 0.341 e. The quantitative estimate of drug-likeness (QED) is 0.548. The van der Waals surface area contributed by atoms with Crippen LogP contribution in [0, 0.1) is 0 Å². The Bertz CT molecular complexity index is 787. The molecule has 5 nitrogen and oxygen atoms in total. The molecule has 0 radical (unpaired) electrons. The number of nitrogens with zero attached hydrogens (tertiary/aromatic N) is 3. The Kier molecular flexibility index (Phi) is 4.16. The molecule has 110 valence electrons. The van der Waals surface area contributed by atoms with Gasteiger partial charge in [0.2, 0.25) is 0 Å². The molecule has 6 heteroatoms. The molecule has 3 rings (SSSR count). The number of esters is 1. The first-order valence-electron chi connectivity index (χ1n) is 6.61. The van der Waals surface area contributed by atoms with Gasteiger partial charge in [0.15, 0.2) is 5.82 Å². The molecule has 0 unspecified atom stereocenters. The van der Waals surface area contributed by atoms with Gasteiger partial charge in [-0.05, 0) is 24.3 Å². The van der Waals surface area contributed by atoms with Crippen molar-refractivity contribution < 1.29 is 9.53 Å². The molecule has 3 aromatic rings. The average Bonchev–Trinajstić information content (AvgIpc) is 3.02. The van der Waals surface area contributed by atoms with Gasteiger partial charge in [0, 0.05) is 24.3 Å². The Balaban J connectivity index is 1.75. The molecular weight excluding hydrogens is 302 g/mol. The van der Waals surface area contributed by atoms with Crippen LogP contribution >= 0.6 is 11.6 Å². The van der Waals surface area contributed by atoms with Crippen LogP contribution in [-0.2, 0) is 11.3 Å². The van der Waals surface area contributed by atoms with Crippen LogP contribution in [0.15, 0.2) is 61.1 Å². The predicted octanol–water partition coefficient (Wildman–Crippen LogP) is 3.28. The Labute approximate surface area is 132 Å². The van der Waals surface area contributed by atoms with Gasteiger partial charge in [0.1, 0.15) is 11.8 Å². The normalized spacial score (nSPS) is 10.4. The highest BCUT2D eigenvalue weighted by molar-refractivity contribution is 6.32. The number of imidazole rings is 1. The number of ether oxygens (including phenoxy) is 1. The summed E-state index contributed by atoms with van der Waals surface area (Å²) in [5, 5.41) is 0.124. The van der Waals surface area contributed by atoms with Crippen LogP contribution in [0.25, 0.3) is 5.69 Å². The van der Waals surface area contributed by atoms with Gasteiger partial charge in [0.05, 0.1) is 5.56 Å². The van der Waals surface area contributed by atoms with Crippen LogP contribution in [0.1, 0.15) is 16.2 Å². The minimum Gasteiger partial charge on any atom is -0.454 e. The number of pyridine rings is 1. The largest absolute Gasteiger partial charge is 0.454 e. The van der Waals surface area contributed by atoms with E-state index in [0.29, 0.717) is 5.82 Å². The summed E-state index contributed by atoms with van der Waals surface area (Å²) in [7, 11) is 0. The summed E-state index contributed by atoms with van der Waals surface area (Å²) >= 11 is 5.87. The van der Waals surface area contributed by atoms with E-state index in [1.165, 1.54) is 6.20 Å². The van der Waals surface area contributed by atoms with Crippen molar-refractivity contribution in [2.45, 2.75) is 6.61 Å². The number of hydrogen-bond acceptors (Lipinski definition) is 4. The number of aromatic nitrogens is 3. The Morgan fingerprint density at radius 2 is 1.91 bits per heavy atom. The number of halogens is 1. The molecule has 0 aliphatic carbocycles. The number of carbonyl (C=O) groups excluding carboxylic acids is 1. The molecule has 0 N–H and O–H groups in total. The number of hydrogen-bond donors (Lipinski definition) is 0. The maximum atomic E-state index is 12.0. The van der Waals surface area contributed by atoms with Gasteiger partial charge in [-0.1, -0.05) is 29.8 Å². The molecule has 0 spiro atoms. The van der Waals surface area contributed by atoms with Gasteiger partial charge in [-0.15, -0.1) is 0 Å². The average molecular weight is 314 g/mol. The Hall–Kier alpha value is -2.66. The summed E-state index contributed by atoms with van der Waals surface area (Å²) in [6.07, 6.45) is 4.99. The highest BCUT2D eigenvalue weighted by Gasteiger charge is 2.14. The molecule has 0 atom stereocenters. The zero-order valence-corrected chi connectivity index (χ0v) is 12.3. The summed E-state index contributed by atoms with van der Waals surface area (Å²) in [4.78, 5) is 20.1. The van der Waals surface area contributed by atoms with Gasteiger partial charge in [0.25, 0.3) is 0 Å². The minimum atomic E-state index is -0.527. The summed E-state index contributed by atoms with van der Waals surface area (Å²) in [5.41, 5.74) is 1.19. The number of para-hydroxylation sites is 1. The molecule has 0 bridgehead atoms. The number of rotatable bonds is 4. The second-order valence-corrected chi connectivity index (χ2v) is 4.82. The first-order valence-corrected chi connectivity index (χ1v) is 6.99. The van der Waals surface area contributed by atoms with E-state index >= 15 is 0 Å². The van der Waals surface area contributed by atoms with Gasteiger partial charge in [-0.25, -0.2) is 14.8 Å². The molecule has 22 heavy (non-hydrogen) atoms. The van der Waals surface area contributed by atoms with E-state index in [2.05, 4.69) is 9.97 Å². The van der Waals surface area contributed by atoms with Crippen LogP contribution in [0.5, 0.6) is 0 Å². The van der Waals surface area contributed by atoms with Crippen molar-refractivity contribution in [3.05, 3.63) is 77.6 Å².